The lowest BCUT2D eigenvalue weighted by Gasteiger charge is -2.34. The van der Waals surface area contributed by atoms with Crippen LogP contribution in [0.15, 0.2) is 28.1 Å². The molecule has 4 amide bonds. The topological polar surface area (TPSA) is 175 Å². The van der Waals surface area contributed by atoms with Crippen LogP contribution in [0.3, 0.4) is 0 Å². The Hall–Kier alpha value is -3.98. The zero-order valence-corrected chi connectivity index (χ0v) is 30.9. The average molecular weight is 760 g/mol. The van der Waals surface area contributed by atoms with Crippen molar-refractivity contribution in [2.75, 3.05) is 19.0 Å². The zero-order chi connectivity index (χ0) is 35.6. The van der Waals surface area contributed by atoms with E-state index in [1.165, 1.54) is 16.2 Å². The normalized spacial score (nSPS) is 18.8. The number of methoxy groups -OCH3 is 1. The summed E-state index contributed by atoms with van der Waals surface area (Å²) in [6.45, 7) is 9.16. The molecule has 0 unspecified atom stereocenters. The molecule has 0 radical (unpaired) electrons. The van der Waals surface area contributed by atoms with Gasteiger partial charge in [-0.1, -0.05) is 34.6 Å². The fraction of sp³-hybridized carbons (Fsp3) is 0.529. The highest BCUT2D eigenvalue weighted by Crippen LogP contribution is 2.40. The standard InChI is InChI=1S/C34H43BrN6O7S/c1-17(2)30(43)40-32-38-22(16-49-32)21-14-25(20-11-12-24(46-6)26(35)27(20)37-21)47-19-13-23(29(36)42)41(15-19)31(44)28(34(3,4)5)39-33(45)48-18-9-7-8-10-18/h11-12,14,16-19,23,28H,7-10,13,15H2,1-6H3,(H2,36,42)(H,39,45)(H,38,40,43)/t19-,23+,28-/m1/s1. The van der Waals surface area contributed by atoms with Gasteiger partial charge in [-0.05, 0) is 59.2 Å². The summed E-state index contributed by atoms with van der Waals surface area (Å²) in [6, 6.07) is 3.41. The minimum Gasteiger partial charge on any atom is -0.495 e. The Morgan fingerprint density at radius 3 is 2.41 bits per heavy atom. The minimum absolute atomic E-state index is 0.0525. The number of alkyl carbamates (subject to hydrolysis) is 1. The van der Waals surface area contributed by atoms with Gasteiger partial charge in [0, 0.05) is 29.2 Å². The van der Waals surface area contributed by atoms with Crippen LogP contribution in [0.25, 0.3) is 22.3 Å². The zero-order valence-electron chi connectivity index (χ0n) is 28.5. The van der Waals surface area contributed by atoms with Crippen LogP contribution in [-0.2, 0) is 19.1 Å². The number of thiazole rings is 1. The Labute approximate surface area is 297 Å². The van der Waals surface area contributed by atoms with E-state index in [-0.39, 0.29) is 30.9 Å². The molecule has 2 fully saturated rings. The van der Waals surface area contributed by atoms with E-state index < -0.39 is 41.5 Å². The number of rotatable bonds is 10. The summed E-state index contributed by atoms with van der Waals surface area (Å²) in [7, 11) is 1.56. The number of fused-ring (bicyclic) bond motifs is 1. The number of ether oxygens (including phenoxy) is 3. The molecule has 1 saturated heterocycles. The number of pyridine rings is 1. The summed E-state index contributed by atoms with van der Waals surface area (Å²) in [4.78, 5) is 62.8. The molecule has 2 aromatic heterocycles. The van der Waals surface area contributed by atoms with E-state index in [4.69, 9.17) is 24.9 Å². The number of primary amides is 1. The Morgan fingerprint density at radius 1 is 1.06 bits per heavy atom. The molecule has 5 rings (SSSR count). The van der Waals surface area contributed by atoms with Gasteiger partial charge in [0.1, 0.15) is 41.5 Å². The maximum atomic E-state index is 14.1. The molecule has 1 aromatic carbocycles. The number of nitrogens with zero attached hydrogens (tertiary/aromatic N) is 3. The molecule has 1 aliphatic carbocycles. The van der Waals surface area contributed by atoms with E-state index in [2.05, 4.69) is 31.5 Å². The molecule has 4 N–H and O–H groups in total. The molecule has 3 atom stereocenters. The molecule has 264 valence electrons. The van der Waals surface area contributed by atoms with Crippen molar-refractivity contribution in [3.05, 3.63) is 28.1 Å². The molecule has 3 aromatic rings. The Morgan fingerprint density at radius 2 is 1.78 bits per heavy atom. The van der Waals surface area contributed by atoms with Gasteiger partial charge in [-0.25, -0.2) is 14.8 Å². The van der Waals surface area contributed by atoms with E-state index in [0.717, 1.165) is 25.7 Å². The maximum absolute atomic E-state index is 14.1. The fourth-order valence-electron chi connectivity index (χ4n) is 5.99. The van der Waals surface area contributed by atoms with Crippen LogP contribution in [0.1, 0.15) is 66.7 Å². The van der Waals surface area contributed by atoms with Gasteiger partial charge in [-0.15, -0.1) is 11.3 Å². The van der Waals surface area contributed by atoms with Crippen molar-refractivity contribution in [1.82, 2.24) is 20.2 Å². The molecule has 1 aliphatic heterocycles. The third-order valence-corrected chi connectivity index (χ3v) is 10.2. The lowest BCUT2D eigenvalue weighted by molar-refractivity contribution is -0.141. The van der Waals surface area contributed by atoms with Crippen LogP contribution in [0.4, 0.5) is 9.93 Å². The van der Waals surface area contributed by atoms with Crippen molar-refractivity contribution < 1.29 is 33.4 Å². The van der Waals surface area contributed by atoms with Gasteiger partial charge in [0.05, 0.1) is 29.3 Å². The van der Waals surface area contributed by atoms with Gasteiger partial charge >= 0.3 is 6.09 Å². The second kappa shape index (κ2) is 14.9. The number of likely N-dealkylation sites (tertiary alicyclic amines) is 1. The number of halogens is 1. The van der Waals surface area contributed by atoms with Gasteiger partial charge in [-0.2, -0.15) is 0 Å². The quantitative estimate of drug-likeness (QED) is 0.236. The number of carbonyl (C=O) groups excluding carboxylic acids is 4. The second-order valence-corrected chi connectivity index (χ2v) is 15.5. The highest BCUT2D eigenvalue weighted by molar-refractivity contribution is 9.10. The van der Waals surface area contributed by atoms with Crippen molar-refractivity contribution >= 4 is 67.1 Å². The van der Waals surface area contributed by atoms with E-state index in [1.54, 1.807) is 38.5 Å². The Balaban J connectivity index is 1.43. The SMILES string of the molecule is COc1ccc2c(O[C@@H]3C[C@@H](C(N)=O)N(C(=O)[C@@H](NC(=O)OC4CCCC4)C(C)(C)C)C3)cc(-c3csc(NC(=O)C(C)C)n3)nc2c1Br. The third-order valence-electron chi connectivity index (χ3n) is 8.71. The minimum atomic E-state index is -0.978. The average Bonchev–Trinajstić information content (AvgIpc) is 3.81. The molecule has 1 saturated carbocycles. The van der Waals surface area contributed by atoms with Gasteiger partial charge in [0.15, 0.2) is 5.13 Å². The predicted molar refractivity (Wildman–Crippen MR) is 189 cm³/mol. The number of hydrogen-bond donors (Lipinski definition) is 3. The highest BCUT2D eigenvalue weighted by Gasteiger charge is 2.45. The molecule has 15 heteroatoms. The largest absolute Gasteiger partial charge is 0.495 e. The number of hydrogen-bond acceptors (Lipinski definition) is 10. The van der Waals surface area contributed by atoms with Crippen LogP contribution in [-0.4, -0.2) is 76.6 Å². The maximum Gasteiger partial charge on any atom is 0.408 e. The molecule has 2 aliphatic rings. The Kier molecular flexibility index (Phi) is 11.0. The molecular formula is C34H43BrN6O7S. The van der Waals surface area contributed by atoms with Crippen molar-refractivity contribution in [3.8, 4) is 22.9 Å². The van der Waals surface area contributed by atoms with Crippen molar-refractivity contribution in [3.63, 3.8) is 0 Å². The van der Waals surface area contributed by atoms with Crippen molar-refractivity contribution in [2.24, 2.45) is 17.1 Å². The number of aromatic nitrogens is 2. The van der Waals surface area contributed by atoms with Crippen LogP contribution in [0, 0.1) is 11.3 Å². The van der Waals surface area contributed by atoms with Crippen LogP contribution in [0.2, 0.25) is 0 Å². The number of carbonyl (C=O) groups is 4. The smallest absolute Gasteiger partial charge is 0.408 e. The summed E-state index contributed by atoms with van der Waals surface area (Å²) in [5.41, 5.74) is 6.68. The van der Waals surface area contributed by atoms with E-state index >= 15 is 0 Å². The van der Waals surface area contributed by atoms with Gasteiger partial charge in [0.25, 0.3) is 0 Å². The Bertz CT molecular complexity index is 1740. The molecule has 49 heavy (non-hydrogen) atoms. The molecule has 13 nitrogen and oxygen atoms in total. The van der Waals surface area contributed by atoms with Crippen LogP contribution < -0.4 is 25.8 Å². The van der Waals surface area contributed by atoms with E-state index in [0.29, 0.717) is 43.4 Å². The lowest BCUT2D eigenvalue weighted by atomic mass is 9.85. The van der Waals surface area contributed by atoms with Gasteiger partial charge < -0.3 is 35.5 Å². The molecule has 3 heterocycles. The molecule has 0 spiro atoms. The third kappa shape index (κ3) is 8.26. The first-order valence-electron chi connectivity index (χ1n) is 16.3. The lowest BCUT2D eigenvalue weighted by Crippen LogP contribution is -2.57. The molecule has 0 bridgehead atoms. The molecular weight excluding hydrogens is 716 g/mol. The van der Waals surface area contributed by atoms with E-state index in [1.807, 2.05) is 26.8 Å². The van der Waals surface area contributed by atoms with Gasteiger partial charge in [-0.3, -0.25) is 14.4 Å². The van der Waals surface area contributed by atoms with Crippen molar-refractivity contribution in [1.29, 1.82) is 0 Å². The number of amides is 4. The van der Waals surface area contributed by atoms with E-state index in [9.17, 15) is 19.2 Å². The summed E-state index contributed by atoms with van der Waals surface area (Å²) >= 11 is 4.89. The summed E-state index contributed by atoms with van der Waals surface area (Å²) < 4.78 is 18.3. The van der Waals surface area contributed by atoms with Crippen LogP contribution in [0.5, 0.6) is 11.5 Å². The summed E-state index contributed by atoms with van der Waals surface area (Å²) in [6.07, 6.45) is 2.27. The fourth-order valence-corrected chi connectivity index (χ4v) is 7.30. The number of nitrogens with one attached hydrogen (secondary N) is 2. The monoisotopic (exact) mass is 758 g/mol. The predicted octanol–water partition coefficient (Wildman–Crippen LogP) is 5.64. The van der Waals surface area contributed by atoms with Crippen LogP contribution >= 0.6 is 27.3 Å². The second-order valence-electron chi connectivity index (χ2n) is 13.8. The first kappa shape index (κ1) is 36.3. The van der Waals surface area contributed by atoms with Crippen molar-refractivity contribution in [2.45, 2.75) is 91.0 Å². The number of nitrogens with two attached hydrogens (primary N) is 1. The first-order valence-corrected chi connectivity index (χ1v) is 18.0. The first-order chi connectivity index (χ1) is 23.2. The highest BCUT2D eigenvalue weighted by atomic mass is 79.9. The summed E-state index contributed by atoms with van der Waals surface area (Å²) in [5.74, 6) is -0.481. The number of benzene rings is 1. The summed E-state index contributed by atoms with van der Waals surface area (Å²) in [5, 5.41) is 8.47. The van der Waals surface area contributed by atoms with Gasteiger partial charge in [0.2, 0.25) is 17.7 Å². The number of anilines is 1.